The van der Waals surface area contributed by atoms with E-state index in [1.165, 1.54) is 12.1 Å². The van der Waals surface area contributed by atoms with Crippen LogP contribution in [0.4, 0.5) is 10.1 Å². The minimum Gasteiger partial charge on any atom is -0.398 e. The molecule has 0 atom stereocenters. The first kappa shape index (κ1) is 10.1. The molecule has 0 heterocycles. The van der Waals surface area contributed by atoms with Crippen molar-refractivity contribution in [3.05, 3.63) is 35.2 Å². The largest absolute Gasteiger partial charge is 0.398 e. The lowest BCUT2D eigenvalue weighted by Gasteiger charge is -2.04. The van der Waals surface area contributed by atoms with Crippen LogP contribution in [0.3, 0.4) is 0 Å². The maximum Gasteiger partial charge on any atom is 0.125 e. The highest BCUT2D eigenvalue weighted by atomic mass is 32.1. The number of nitrogen functional groups attached to an aromatic ring is 1. The SMILES string of the molecule is Cc1c(N)cc(F)cc1C=CCS. The van der Waals surface area contributed by atoms with E-state index in [1.807, 2.05) is 19.1 Å². The van der Waals surface area contributed by atoms with E-state index >= 15 is 0 Å². The van der Waals surface area contributed by atoms with Gasteiger partial charge in [-0.15, -0.1) is 0 Å². The normalized spacial score (nSPS) is 11.0. The number of hydrogen-bond acceptors (Lipinski definition) is 2. The molecule has 0 spiro atoms. The Bertz CT molecular complexity index is 334. The average Bonchev–Trinajstić information content (AvgIpc) is 2.09. The van der Waals surface area contributed by atoms with Crippen molar-refractivity contribution < 1.29 is 4.39 Å². The number of nitrogens with two attached hydrogens (primary N) is 1. The molecular weight excluding hydrogens is 185 g/mol. The number of thiol groups is 1. The Morgan fingerprint density at radius 2 is 2.23 bits per heavy atom. The summed E-state index contributed by atoms with van der Waals surface area (Å²) in [7, 11) is 0. The fourth-order valence-corrected chi connectivity index (χ4v) is 1.18. The summed E-state index contributed by atoms with van der Waals surface area (Å²) in [6.45, 7) is 1.87. The molecule has 0 bridgehead atoms. The Hall–Kier alpha value is -0.960. The van der Waals surface area contributed by atoms with Crippen LogP contribution in [0, 0.1) is 12.7 Å². The van der Waals surface area contributed by atoms with Crippen LogP contribution in [0.2, 0.25) is 0 Å². The lowest BCUT2D eigenvalue weighted by molar-refractivity contribution is 0.628. The molecule has 0 aliphatic rings. The summed E-state index contributed by atoms with van der Waals surface area (Å²) in [5.41, 5.74) is 7.80. The molecule has 3 heteroatoms. The number of halogens is 1. The quantitative estimate of drug-likeness (QED) is 0.553. The van der Waals surface area contributed by atoms with Crippen LogP contribution in [0.1, 0.15) is 11.1 Å². The predicted molar refractivity (Wildman–Crippen MR) is 58.4 cm³/mol. The van der Waals surface area contributed by atoms with E-state index in [-0.39, 0.29) is 5.82 Å². The molecule has 0 amide bonds. The third-order valence-electron chi connectivity index (χ3n) is 1.86. The van der Waals surface area contributed by atoms with Gasteiger partial charge in [-0.05, 0) is 30.2 Å². The van der Waals surface area contributed by atoms with Crippen LogP contribution in [-0.2, 0) is 0 Å². The molecule has 1 aromatic carbocycles. The maximum absolute atomic E-state index is 12.9. The molecular formula is C10H12FNS. The summed E-state index contributed by atoms with van der Waals surface area (Å²) in [4.78, 5) is 0. The van der Waals surface area contributed by atoms with Gasteiger partial charge in [-0.2, -0.15) is 12.6 Å². The minimum atomic E-state index is -0.304. The molecule has 0 saturated heterocycles. The van der Waals surface area contributed by atoms with Crippen molar-refractivity contribution in [2.45, 2.75) is 6.92 Å². The Kier molecular flexibility index (Phi) is 3.37. The average molecular weight is 197 g/mol. The van der Waals surface area contributed by atoms with E-state index < -0.39 is 0 Å². The van der Waals surface area contributed by atoms with Gasteiger partial charge in [0.15, 0.2) is 0 Å². The van der Waals surface area contributed by atoms with Crippen molar-refractivity contribution >= 4 is 24.4 Å². The zero-order valence-corrected chi connectivity index (χ0v) is 8.31. The van der Waals surface area contributed by atoms with Gasteiger partial charge in [-0.1, -0.05) is 12.2 Å². The van der Waals surface area contributed by atoms with Gasteiger partial charge in [-0.3, -0.25) is 0 Å². The van der Waals surface area contributed by atoms with Crippen molar-refractivity contribution in [3.8, 4) is 0 Å². The van der Waals surface area contributed by atoms with Crippen LogP contribution in [-0.4, -0.2) is 5.75 Å². The highest BCUT2D eigenvalue weighted by Gasteiger charge is 2.01. The summed E-state index contributed by atoms with van der Waals surface area (Å²) < 4.78 is 12.9. The zero-order valence-electron chi connectivity index (χ0n) is 7.42. The van der Waals surface area contributed by atoms with Gasteiger partial charge in [0.1, 0.15) is 5.82 Å². The maximum atomic E-state index is 12.9. The van der Waals surface area contributed by atoms with Crippen molar-refractivity contribution in [2.24, 2.45) is 0 Å². The molecule has 2 N–H and O–H groups in total. The standard InChI is InChI=1S/C10H12FNS/c1-7-8(3-2-4-13)5-9(11)6-10(7)12/h2-3,5-6,13H,4,12H2,1H3. The molecule has 0 aliphatic heterocycles. The first-order valence-electron chi connectivity index (χ1n) is 3.98. The number of rotatable bonds is 2. The molecule has 0 fully saturated rings. The van der Waals surface area contributed by atoms with Gasteiger partial charge in [0.25, 0.3) is 0 Å². The first-order valence-corrected chi connectivity index (χ1v) is 4.61. The van der Waals surface area contributed by atoms with Crippen LogP contribution in [0.25, 0.3) is 6.08 Å². The van der Waals surface area contributed by atoms with Crippen LogP contribution < -0.4 is 5.73 Å². The van der Waals surface area contributed by atoms with Crippen molar-refractivity contribution in [2.75, 3.05) is 11.5 Å². The predicted octanol–water partition coefficient (Wildman–Crippen LogP) is 2.66. The van der Waals surface area contributed by atoms with Gasteiger partial charge < -0.3 is 5.73 Å². The Morgan fingerprint density at radius 1 is 1.54 bits per heavy atom. The molecule has 0 aromatic heterocycles. The fraction of sp³-hybridized carbons (Fsp3) is 0.200. The third kappa shape index (κ3) is 2.49. The zero-order chi connectivity index (χ0) is 9.84. The monoisotopic (exact) mass is 197 g/mol. The first-order chi connectivity index (χ1) is 6.15. The molecule has 0 unspecified atom stereocenters. The van der Waals surface area contributed by atoms with E-state index in [0.29, 0.717) is 11.4 Å². The minimum absolute atomic E-state index is 0.304. The molecule has 1 rings (SSSR count). The van der Waals surface area contributed by atoms with Crippen LogP contribution >= 0.6 is 12.6 Å². The van der Waals surface area contributed by atoms with Crippen LogP contribution in [0.5, 0.6) is 0 Å². The van der Waals surface area contributed by atoms with Crippen molar-refractivity contribution in [1.82, 2.24) is 0 Å². The second-order valence-corrected chi connectivity index (χ2v) is 3.16. The summed E-state index contributed by atoms with van der Waals surface area (Å²) in [5.74, 6) is 0.331. The van der Waals surface area contributed by atoms with Gasteiger partial charge in [-0.25, -0.2) is 4.39 Å². The fourth-order valence-electron chi connectivity index (χ4n) is 1.07. The molecule has 1 aromatic rings. The molecule has 1 nitrogen and oxygen atoms in total. The van der Waals surface area contributed by atoms with E-state index in [1.54, 1.807) is 0 Å². The third-order valence-corrected chi connectivity index (χ3v) is 2.07. The molecule has 0 radical (unpaired) electrons. The van der Waals surface area contributed by atoms with Gasteiger partial charge in [0, 0.05) is 11.4 Å². The highest BCUT2D eigenvalue weighted by molar-refractivity contribution is 7.80. The van der Waals surface area contributed by atoms with E-state index in [4.69, 9.17) is 5.73 Å². The van der Waals surface area contributed by atoms with Crippen molar-refractivity contribution in [1.29, 1.82) is 0 Å². The van der Waals surface area contributed by atoms with Gasteiger partial charge >= 0.3 is 0 Å². The highest BCUT2D eigenvalue weighted by Crippen LogP contribution is 2.19. The number of hydrogen-bond donors (Lipinski definition) is 2. The molecule has 0 saturated carbocycles. The lowest BCUT2D eigenvalue weighted by Crippen LogP contribution is -1.93. The lowest BCUT2D eigenvalue weighted by atomic mass is 10.1. The Balaban J connectivity index is 3.12. The Morgan fingerprint density at radius 3 is 2.85 bits per heavy atom. The van der Waals surface area contributed by atoms with E-state index in [9.17, 15) is 4.39 Å². The summed E-state index contributed by atoms with van der Waals surface area (Å²) in [6, 6.07) is 2.79. The van der Waals surface area contributed by atoms with E-state index in [0.717, 1.165) is 11.1 Å². The summed E-state index contributed by atoms with van der Waals surface area (Å²) in [5, 5.41) is 0. The topological polar surface area (TPSA) is 26.0 Å². The Labute approximate surface area is 82.9 Å². The molecule has 0 aliphatic carbocycles. The van der Waals surface area contributed by atoms with E-state index in [2.05, 4.69) is 12.6 Å². The summed E-state index contributed by atoms with van der Waals surface area (Å²) >= 11 is 4.03. The van der Waals surface area contributed by atoms with Crippen LogP contribution in [0.15, 0.2) is 18.2 Å². The summed E-state index contributed by atoms with van der Waals surface area (Å²) in [6.07, 6.45) is 3.67. The van der Waals surface area contributed by atoms with Gasteiger partial charge in [0.2, 0.25) is 0 Å². The second-order valence-electron chi connectivity index (χ2n) is 2.79. The second kappa shape index (κ2) is 4.33. The van der Waals surface area contributed by atoms with Crippen molar-refractivity contribution in [3.63, 3.8) is 0 Å². The van der Waals surface area contributed by atoms with Gasteiger partial charge in [0.05, 0.1) is 0 Å². The smallest absolute Gasteiger partial charge is 0.125 e. The number of anilines is 1. The molecule has 13 heavy (non-hydrogen) atoms. The molecule has 70 valence electrons. The number of benzene rings is 1.